The molecule has 3 aromatic rings. The maximum Gasteiger partial charge on any atom is 0.228 e. The van der Waals surface area contributed by atoms with Gasteiger partial charge in [-0.3, -0.25) is 0 Å². The Hall–Kier alpha value is -2.51. The van der Waals surface area contributed by atoms with E-state index in [4.69, 9.17) is 4.52 Å². The van der Waals surface area contributed by atoms with Crippen LogP contribution >= 0.6 is 0 Å². The van der Waals surface area contributed by atoms with Crippen LogP contribution in [0.1, 0.15) is 11.7 Å². The molecule has 0 radical (unpaired) electrons. The van der Waals surface area contributed by atoms with Gasteiger partial charge in [-0.2, -0.15) is 4.98 Å². The highest BCUT2D eigenvalue weighted by Gasteiger charge is 2.06. The van der Waals surface area contributed by atoms with E-state index in [-0.39, 0.29) is 0 Å². The van der Waals surface area contributed by atoms with Crippen molar-refractivity contribution in [3.8, 4) is 0 Å². The van der Waals surface area contributed by atoms with Crippen LogP contribution in [-0.4, -0.2) is 36.6 Å². The summed E-state index contributed by atoms with van der Waals surface area (Å²) in [6.45, 7) is 2.44. The third-order valence-electron chi connectivity index (χ3n) is 2.42. The second kappa shape index (κ2) is 4.40. The minimum atomic E-state index is 0.606. The molecule has 0 unspecified atom stereocenters. The molecule has 0 fully saturated rings. The maximum atomic E-state index is 5.02. The molecule has 0 spiro atoms. The van der Waals surface area contributed by atoms with Gasteiger partial charge in [0.15, 0.2) is 17.3 Å². The van der Waals surface area contributed by atoms with E-state index in [1.54, 1.807) is 13.3 Å². The molecule has 0 aliphatic heterocycles. The van der Waals surface area contributed by atoms with Gasteiger partial charge in [-0.1, -0.05) is 5.16 Å². The third-order valence-corrected chi connectivity index (χ3v) is 2.42. The van der Waals surface area contributed by atoms with Gasteiger partial charge >= 0.3 is 0 Å². The average molecular weight is 245 g/mol. The molecule has 3 rings (SSSR count). The van der Waals surface area contributed by atoms with Gasteiger partial charge in [0.05, 0.1) is 6.33 Å². The number of aromatic nitrogens is 6. The van der Waals surface area contributed by atoms with Crippen LogP contribution in [0.15, 0.2) is 17.2 Å². The Labute approximate surface area is 102 Å². The highest BCUT2D eigenvalue weighted by Crippen LogP contribution is 2.14. The fourth-order valence-corrected chi connectivity index (χ4v) is 1.63. The standard InChI is InChI=1S/C10H11N7O/c1-6-16-7(18-17-6)2-3-11-9-8-10(13-4-12-8)15-5-14-9/h4-5H,2-3H2,1H3,(H2,11,12,13,14,15). The van der Waals surface area contributed by atoms with Crippen LogP contribution in [0.2, 0.25) is 0 Å². The number of nitrogens with one attached hydrogen (secondary N) is 2. The molecule has 8 heteroatoms. The summed E-state index contributed by atoms with van der Waals surface area (Å²) in [5.41, 5.74) is 1.43. The lowest BCUT2D eigenvalue weighted by molar-refractivity contribution is 0.377. The van der Waals surface area contributed by atoms with Crippen molar-refractivity contribution in [1.82, 2.24) is 30.1 Å². The number of hydrogen-bond donors (Lipinski definition) is 2. The number of H-pyrrole nitrogens is 1. The van der Waals surface area contributed by atoms with Crippen molar-refractivity contribution in [2.75, 3.05) is 11.9 Å². The SMILES string of the molecule is Cc1noc(CCNc2ncnc3nc[nH]c23)n1. The molecule has 3 heterocycles. The van der Waals surface area contributed by atoms with Crippen molar-refractivity contribution < 1.29 is 4.52 Å². The van der Waals surface area contributed by atoms with Gasteiger partial charge in [0.1, 0.15) is 11.8 Å². The Morgan fingerprint density at radius 1 is 1.33 bits per heavy atom. The summed E-state index contributed by atoms with van der Waals surface area (Å²) in [6.07, 6.45) is 3.70. The van der Waals surface area contributed by atoms with E-state index >= 15 is 0 Å². The van der Waals surface area contributed by atoms with Crippen molar-refractivity contribution in [3.05, 3.63) is 24.4 Å². The fraction of sp³-hybridized carbons (Fsp3) is 0.300. The van der Waals surface area contributed by atoms with Crippen molar-refractivity contribution in [2.24, 2.45) is 0 Å². The van der Waals surface area contributed by atoms with Gasteiger partial charge in [-0.15, -0.1) is 0 Å². The first-order valence-electron chi connectivity index (χ1n) is 5.50. The van der Waals surface area contributed by atoms with Crippen LogP contribution < -0.4 is 5.32 Å². The zero-order valence-electron chi connectivity index (χ0n) is 9.71. The number of aryl methyl sites for hydroxylation is 1. The number of imidazole rings is 1. The van der Waals surface area contributed by atoms with E-state index in [2.05, 4.69) is 35.4 Å². The molecule has 8 nitrogen and oxygen atoms in total. The summed E-state index contributed by atoms with van der Waals surface area (Å²) in [5.74, 6) is 1.96. The van der Waals surface area contributed by atoms with Gasteiger partial charge in [0.25, 0.3) is 0 Å². The largest absolute Gasteiger partial charge is 0.368 e. The van der Waals surface area contributed by atoms with E-state index in [0.29, 0.717) is 36.1 Å². The van der Waals surface area contributed by atoms with Crippen molar-refractivity contribution >= 4 is 17.0 Å². The molecule has 0 amide bonds. The Bertz CT molecular complexity index is 659. The Morgan fingerprint density at radius 2 is 2.28 bits per heavy atom. The van der Waals surface area contributed by atoms with E-state index in [1.165, 1.54) is 6.33 Å². The third kappa shape index (κ3) is 1.99. The van der Waals surface area contributed by atoms with Crippen LogP contribution in [0.3, 0.4) is 0 Å². The monoisotopic (exact) mass is 245 g/mol. The Morgan fingerprint density at radius 3 is 3.11 bits per heavy atom. The van der Waals surface area contributed by atoms with E-state index < -0.39 is 0 Å². The molecule has 18 heavy (non-hydrogen) atoms. The highest BCUT2D eigenvalue weighted by atomic mass is 16.5. The Balaban J connectivity index is 1.68. The van der Waals surface area contributed by atoms with Gasteiger partial charge in [-0.25, -0.2) is 15.0 Å². The molecule has 0 saturated heterocycles. The molecule has 0 aromatic carbocycles. The average Bonchev–Trinajstić information content (AvgIpc) is 2.98. The summed E-state index contributed by atoms with van der Waals surface area (Å²) >= 11 is 0. The fourth-order valence-electron chi connectivity index (χ4n) is 1.63. The minimum absolute atomic E-state index is 0.606. The van der Waals surface area contributed by atoms with E-state index in [0.717, 1.165) is 5.52 Å². The molecule has 0 bridgehead atoms. The second-order valence-electron chi connectivity index (χ2n) is 3.74. The summed E-state index contributed by atoms with van der Waals surface area (Å²) in [4.78, 5) is 19.4. The molecular formula is C10H11N7O. The van der Waals surface area contributed by atoms with Crippen molar-refractivity contribution in [2.45, 2.75) is 13.3 Å². The summed E-state index contributed by atoms with van der Waals surface area (Å²) < 4.78 is 5.02. The number of hydrogen-bond acceptors (Lipinski definition) is 7. The normalized spacial score (nSPS) is 10.9. The molecule has 0 aliphatic carbocycles. The summed E-state index contributed by atoms with van der Waals surface area (Å²) in [7, 11) is 0. The first-order valence-corrected chi connectivity index (χ1v) is 5.50. The van der Waals surface area contributed by atoms with Gasteiger partial charge in [0, 0.05) is 13.0 Å². The zero-order chi connectivity index (χ0) is 12.4. The molecule has 2 N–H and O–H groups in total. The van der Waals surface area contributed by atoms with Crippen molar-refractivity contribution in [1.29, 1.82) is 0 Å². The topological polar surface area (TPSA) is 105 Å². The molecule has 92 valence electrons. The second-order valence-corrected chi connectivity index (χ2v) is 3.74. The number of anilines is 1. The van der Waals surface area contributed by atoms with Crippen LogP contribution in [0.25, 0.3) is 11.2 Å². The van der Waals surface area contributed by atoms with Gasteiger partial charge in [0.2, 0.25) is 5.89 Å². The minimum Gasteiger partial charge on any atom is -0.368 e. The lowest BCUT2D eigenvalue weighted by Crippen LogP contribution is -2.07. The van der Waals surface area contributed by atoms with Crippen LogP contribution in [0, 0.1) is 6.92 Å². The van der Waals surface area contributed by atoms with Crippen LogP contribution in [0.4, 0.5) is 5.82 Å². The van der Waals surface area contributed by atoms with Crippen LogP contribution in [0.5, 0.6) is 0 Å². The number of fused-ring (bicyclic) bond motifs is 1. The Kier molecular flexibility index (Phi) is 2.60. The van der Waals surface area contributed by atoms with Crippen molar-refractivity contribution in [3.63, 3.8) is 0 Å². The smallest absolute Gasteiger partial charge is 0.228 e. The van der Waals surface area contributed by atoms with E-state index in [9.17, 15) is 0 Å². The summed E-state index contributed by atoms with van der Waals surface area (Å²) in [5, 5.41) is 6.91. The number of nitrogens with zero attached hydrogens (tertiary/aromatic N) is 5. The first-order chi connectivity index (χ1) is 8.83. The quantitative estimate of drug-likeness (QED) is 0.696. The highest BCUT2D eigenvalue weighted by molar-refractivity contribution is 5.81. The number of rotatable bonds is 4. The van der Waals surface area contributed by atoms with E-state index in [1.807, 2.05) is 0 Å². The molecule has 0 aliphatic rings. The molecule has 0 saturated carbocycles. The predicted molar refractivity (Wildman–Crippen MR) is 62.9 cm³/mol. The molecule has 0 atom stereocenters. The van der Waals surface area contributed by atoms with Crippen LogP contribution in [-0.2, 0) is 6.42 Å². The number of aromatic amines is 1. The first kappa shape index (κ1) is 10.6. The molecule has 3 aromatic heterocycles. The lowest BCUT2D eigenvalue weighted by atomic mass is 10.4. The predicted octanol–water partition coefficient (Wildman–Crippen LogP) is 0.699. The summed E-state index contributed by atoms with van der Waals surface area (Å²) in [6, 6.07) is 0. The van der Waals surface area contributed by atoms with Gasteiger partial charge < -0.3 is 14.8 Å². The lowest BCUT2D eigenvalue weighted by Gasteiger charge is -2.03. The van der Waals surface area contributed by atoms with Gasteiger partial charge in [-0.05, 0) is 6.92 Å². The zero-order valence-corrected chi connectivity index (χ0v) is 9.71. The maximum absolute atomic E-state index is 5.02. The molecular weight excluding hydrogens is 234 g/mol.